The summed E-state index contributed by atoms with van der Waals surface area (Å²) in [7, 11) is 0. The van der Waals surface area contributed by atoms with E-state index >= 15 is 0 Å². The molecule has 3 rings (SSSR count). The van der Waals surface area contributed by atoms with E-state index in [1.54, 1.807) is 6.08 Å². The van der Waals surface area contributed by atoms with Gasteiger partial charge in [0.05, 0.1) is 0 Å². The van der Waals surface area contributed by atoms with Crippen LogP contribution < -0.4 is 4.74 Å². The number of hydrogen-bond donors (Lipinski definition) is 0. The highest BCUT2D eigenvalue weighted by molar-refractivity contribution is 6.12. The van der Waals surface area contributed by atoms with Crippen LogP contribution in [0.2, 0.25) is 0 Å². The van der Waals surface area contributed by atoms with Crippen molar-refractivity contribution in [2.45, 2.75) is 6.92 Å². The minimum atomic E-state index is -0.448. The van der Waals surface area contributed by atoms with Crippen LogP contribution in [0.1, 0.15) is 18.1 Å². The first-order valence-corrected chi connectivity index (χ1v) is 7.57. The molecule has 0 atom stereocenters. The molecular formula is C20H17NO3. The summed E-state index contributed by atoms with van der Waals surface area (Å²) in [5.41, 5.74) is 2.86. The second-order valence-electron chi connectivity index (χ2n) is 5.52. The Labute approximate surface area is 140 Å². The molecule has 1 aliphatic rings. The van der Waals surface area contributed by atoms with Gasteiger partial charge >= 0.3 is 5.97 Å². The van der Waals surface area contributed by atoms with Crippen molar-refractivity contribution >= 4 is 17.9 Å². The van der Waals surface area contributed by atoms with Gasteiger partial charge in [0.25, 0.3) is 0 Å². The maximum Gasteiger partial charge on any atom is 0.363 e. The quantitative estimate of drug-likeness (QED) is 0.476. The second-order valence-corrected chi connectivity index (χ2v) is 5.52. The van der Waals surface area contributed by atoms with E-state index in [4.69, 9.17) is 9.47 Å². The molecule has 4 heteroatoms. The topological polar surface area (TPSA) is 47.9 Å². The van der Waals surface area contributed by atoms with Crippen molar-refractivity contribution in [2.24, 2.45) is 4.99 Å². The van der Waals surface area contributed by atoms with Gasteiger partial charge in [0, 0.05) is 5.56 Å². The van der Waals surface area contributed by atoms with Crippen molar-refractivity contribution in [3.63, 3.8) is 0 Å². The average molecular weight is 319 g/mol. The Balaban J connectivity index is 1.77. The van der Waals surface area contributed by atoms with Gasteiger partial charge in [0.15, 0.2) is 5.70 Å². The van der Waals surface area contributed by atoms with Crippen LogP contribution in [-0.4, -0.2) is 18.5 Å². The first-order chi connectivity index (χ1) is 11.6. The van der Waals surface area contributed by atoms with E-state index in [1.807, 2.05) is 61.5 Å². The van der Waals surface area contributed by atoms with Gasteiger partial charge in [-0.25, -0.2) is 9.79 Å². The standard InChI is InChI=1S/C20H17NO3/c1-14(2)13-23-17-10-8-15(9-11-17)12-18-20(22)24-19(21-18)16-6-4-3-5-7-16/h3-12H,1,13H2,2H3/b18-12-. The van der Waals surface area contributed by atoms with E-state index in [0.717, 1.165) is 22.4 Å². The monoisotopic (exact) mass is 319 g/mol. The summed E-state index contributed by atoms with van der Waals surface area (Å²) in [5.74, 6) is 0.632. The van der Waals surface area contributed by atoms with Crippen molar-refractivity contribution in [3.05, 3.63) is 83.6 Å². The summed E-state index contributed by atoms with van der Waals surface area (Å²) in [4.78, 5) is 16.2. The van der Waals surface area contributed by atoms with Crippen LogP contribution >= 0.6 is 0 Å². The van der Waals surface area contributed by atoms with Gasteiger partial charge < -0.3 is 9.47 Å². The third kappa shape index (κ3) is 3.79. The normalized spacial score (nSPS) is 15.1. The molecule has 4 nitrogen and oxygen atoms in total. The Kier molecular flexibility index (Phi) is 4.57. The maximum atomic E-state index is 12.0. The molecule has 0 fully saturated rings. The zero-order chi connectivity index (χ0) is 16.9. The maximum absolute atomic E-state index is 12.0. The number of hydrogen-bond acceptors (Lipinski definition) is 4. The molecule has 120 valence electrons. The summed E-state index contributed by atoms with van der Waals surface area (Å²) < 4.78 is 10.8. The van der Waals surface area contributed by atoms with Gasteiger partial charge in [-0.1, -0.05) is 36.9 Å². The Hall–Kier alpha value is -3.14. The lowest BCUT2D eigenvalue weighted by atomic mass is 10.2. The smallest absolute Gasteiger partial charge is 0.363 e. The highest BCUT2D eigenvalue weighted by Crippen LogP contribution is 2.20. The molecule has 0 radical (unpaired) electrons. The fourth-order valence-corrected chi connectivity index (χ4v) is 2.14. The number of carbonyl (C=O) groups excluding carboxylic acids is 1. The summed E-state index contributed by atoms with van der Waals surface area (Å²) in [6, 6.07) is 16.8. The minimum absolute atomic E-state index is 0.282. The average Bonchev–Trinajstić information content (AvgIpc) is 2.96. The first kappa shape index (κ1) is 15.7. The van der Waals surface area contributed by atoms with E-state index in [1.165, 1.54) is 0 Å². The highest BCUT2D eigenvalue weighted by atomic mass is 16.6. The van der Waals surface area contributed by atoms with Crippen LogP contribution in [0.15, 0.2) is 77.4 Å². The summed E-state index contributed by atoms with van der Waals surface area (Å²) in [6.45, 7) is 6.19. The van der Waals surface area contributed by atoms with Crippen LogP contribution in [0.4, 0.5) is 0 Å². The lowest BCUT2D eigenvalue weighted by Crippen LogP contribution is -2.04. The van der Waals surface area contributed by atoms with Crippen LogP contribution in [0, 0.1) is 0 Å². The molecule has 0 saturated carbocycles. The van der Waals surface area contributed by atoms with E-state index in [2.05, 4.69) is 11.6 Å². The molecule has 0 unspecified atom stereocenters. The minimum Gasteiger partial charge on any atom is -0.489 e. The number of carbonyl (C=O) groups is 1. The van der Waals surface area contributed by atoms with Crippen LogP contribution in [0.25, 0.3) is 6.08 Å². The van der Waals surface area contributed by atoms with Crippen LogP contribution in [0.5, 0.6) is 5.75 Å². The molecule has 1 heterocycles. The predicted octanol–water partition coefficient (Wildman–Crippen LogP) is 3.99. The number of cyclic esters (lactones) is 1. The molecule has 1 aliphatic heterocycles. The molecule has 0 aliphatic carbocycles. The van der Waals surface area contributed by atoms with Crippen molar-refractivity contribution < 1.29 is 14.3 Å². The molecule has 0 bridgehead atoms. The molecule has 0 N–H and O–H groups in total. The molecule has 0 amide bonds. The number of nitrogens with zero attached hydrogens (tertiary/aromatic N) is 1. The number of esters is 1. The zero-order valence-corrected chi connectivity index (χ0v) is 13.4. The highest BCUT2D eigenvalue weighted by Gasteiger charge is 2.23. The van der Waals surface area contributed by atoms with Crippen molar-refractivity contribution in [1.29, 1.82) is 0 Å². The Morgan fingerprint density at radius 1 is 1.17 bits per heavy atom. The van der Waals surface area contributed by atoms with E-state index < -0.39 is 5.97 Å². The molecule has 0 saturated heterocycles. The van der Waals surface area contributed by atoms with Crippen molar-refractivity contribution in [1.82, 2.24) is 0 Å². The first-order valence-electron chi connectivity index (χ1n) is 7.57. The van der Waals surface area contributed by atoms with Crippen molar-refractivity contribution in [2.75, 3.05) is 6.61 Å². The van der Waals surface area contributed by atoms with Gasteiger partial charge in [0.2, 0.25) is 5.90 Å². The Morgan fingerprint density at radius 2 is 1.88 bits per heavy atom. The molecule has 24 heavy (non-hydrogen) atoms. The summed E-state index contributed by atoms with van der Waals surface area (Å²) in [6.07, 6.45) is 1.70. The number of aliphatic imine (C=N–C) groups is 1. The largest absolute Gasteiger partial charge is 0.489 e. The molecular weight excluding hydrogens is 302 g/mol. The molecule has 0 aromatic heterocycles. The van der Waals surface area contributed by atoms with Crippen LogP contribution in [-0.2, 0) is 9.53 Å². The van der Waals surface area contributed by atoms with E-state index in [9.17, 15) is 4.79 Å². The van der Waals surface area contributed by atoms with Gasteiger partial charge in [-0.2, -0.15) is 0 Å². The summed E-state index contributed by atoms with van der Waals surface area (Å²) in [5, 5.41) is 0. The molecule has 0 spiro atoms. The number of rotatable bonds is 5. The summed E-state index contributed by atoms with van der Waals surface area (Å²) >= 11 is 0. The predicted molar refractivity (Wildman–Crippen MR) is 93.8 cm³/mol. The Morgan fingerprint density at radius 3 is 2.54 bits per heavy atom. The third-order valence-corrected chi connectivity index (χ3v) is 3.31. The van der Waals surface area contributed by atoms with Gasteiger partial charge in [-0.3, -0.25) is 0 Å². The third-order valence-electron chi connectivity index (χ3n) is 3.31. The van der Waals surface area contributed by atoms with Crippen LogP contribution in [0.3, 0.4) is 0 Å². The number of benzene rings is 2. The van der Waals surface area contributed by atoms with E-state index in [-0.39, 0.29) is 5.70 Å². The fourth-order valence-electron chi connectivity index (χ4n) is 2.14. The van der Waals surface area contributed by atoms with E-state index in [0.29, 0.717) is 12.5 Å². The number of ether oxygens (including phenoxy) is 2. The second kappa shape index (κ2) is 6.96. The van der Waals surface area contributed by atoms with Gasteiger partial charge in [0.1, 0.15) is 12.4 Å². The van der Waals surface area contributed by atoms with Gasteiger partial charge in [-0.05, 0) is 48.4 Å². The van der Waals surface area contributed by atoms with Gasteiger partial charge in [-0.15, -0.1) is 0 Å². The Bertz CT molecular complexity index is 818. The zero-order valence-electron chi connectivity index (χ0n) is 13.4. The lowest BCUT2D eigenvalue weighted by molar-refractivity contribution is -0.129. The lowest BCUT2D eigenvalue weighted by Gasteiger charge is -2.05. The molecule has 2 aromatic rings. The molecule has 2 aromatic carbocycles. The fraction of sp³-hybridized carbons (Fsp3) is 0.100. The van der Waals surface area contributed by atoms with Crippen molar-refractivity contribution in [3.8, 4) is 5.75 Å². The SMILES string of the molecule is C=C(C)COc1ccc(/C=C2\N=C(c3ccccc3)OC2=O)cc1.